The number of halogens is 2. The maximum atomic E-state index is 13.4. The molecule has 0 bridgehead atoms. The molecule has 1 heterocycles. The molecule has 0 aliphatic rings. The molecule has 0 unspecified atom stereocenters. The van der Waals surface area contributed by atoms with E-state index in [1.165, 1.54) is 13.0 Å². The fourth-order valence-corrected chi connectivity index (χ4v) is 2.62. The summed E-state index contributed by atoms with van der Waals surface area (Å²) in [7, 11) is 0. The number of hydrogen-bond acceptors (Lipinski definition) is 4. The van der Waals surface area contributed by atoms with Crippen molar-refractivity contribution in [3.05, 3.63) is 75.2 Å². The highest BCUT2D eigenvalue weighted by Crippen LogP contribution is 2.25. The molecule has 0 spiro atoms. The van der Waals surface area contributed by atoms with Crippen LogP contribution in [0.5, 0.6) is 11.5 Å². The molecule has 3 rings (SSSR count). The fourth-order valence-electron chi connectivity index (χ4n) is 2.26. The van der Waals surface area contributed by atoms with Crippen molar-refractivity contribution in [2.24, 2.45) is 0 Å². The summed E-state index contributed by atoms with van der Waals surface area (Å²) in [4.78, 5) is 16.0. The average Bonchev–Trinajstić information content (AvgIpc) is 2.60. The minimum Gasteiger partial charge on any atom is -0.457 e. The smallest absolute Gasteiger partial charge is 0.259 e. The number of carbonyl (C=O) groups is 1. The van der Waals surface area contributed by atoms with Crippen LogP contribution in [-0.4, -0.2) is 10.9 Å². The summed E-state index contributed by atoms with van der Waals surface area (Å²) in [5.74, 6) is -0.0461. The number of nitrogens with zero attached hydrogens (tertiary/aromatic N) is 1. The van der Waals surface area contributed by atoms with Gasteiger partial charge in [-0.05, 0) is 72.0 Å². The molecule has 3 N–H and O–H groups in total. The van der Waals surface area contributed by atoms with E-state index in [0.717, 1.165) is 3.57 Å². The summed E-state index contributed by atoms with van der Waals surface area (Å²) in [6, 6.07) is 15.9. The van der Waals surface area contributed by atoms with E-state index in [0.29, 0.717) is 17.2 Å². The van der Waals surface area contributed by atoms with Crippen LogP contribution in [-0.2, 0) is 0 Å². The van der Waals surface area contributed by atoms with Crippen LogP contribution in [0.2, 0.25) is 0 Å². The second-order valence-electron chi connectivity index (χ2n) is 5.57. The first-order valence-electron chi connectivity index (χ1n) is 7.70. The van der Waals surface area contributed by atoms with Crippen LogP contribution in [0.1, 0.15) is 15.9 Å². The summed E-state index contributed by atoms with van der Waals surface area (Å²) < 4.78 is 20.3. The van der Waals surface area contributed by atoms with Gasteiger partial charge < -0.3 is 15.8 Å². The van der Waals surface area contributed by atoms with Gasteiger partial charge in [0.05, 0.1) is 5.56 Å². The number of amides is 1. The summed E-state index contributed by atoms with van der Waals surface area (Å²) in [6.07, 6.45) is 0. The molecule has 0 fully saturated rings. The third-order valence-electron chi connectivity index (χ3n) is 3.57. The Morgan fingerprint density at radius 3 is 2.62 bits per heavy atom. The van der Waals surface area contributed by atoms with Gasteiger partial charge in [0.15, 0.2) is 0 Å². The molecule has 2 aromatic carbocycles. The first-order chi connectivity index (χ1) is 12.4. The summed E-state index contributed by atoms with van der Waals surface area (Å²) in [5, 5.41) is 2.72. The van der Waals surface area contributed by atoms with Crippen molar-refractivity contribution >= 4 is 40.0 Å². The van der Waals surface area contributed by atoms with E-state index in [1.807, 2.05) is 24.3 Å². The maximum absolute atomic E-state index is 13.4. The molecule has 132 valence electrons. The lowest BCUT2D eigenvalue weighted by molar-refractivity contribution is 0.102. The van der Waals surface area contributed by atoms with Crippen LogP contribution >= 0.6 is 22.6 Å². The minimum absolute atomic E-state index is 0.118. The number of anilines is 2. The molecule has 5 nitrogen and oxygen atoms in total. The zero-order chi connectivity index (χ0) is 18.7. The molecule has 0 saturated carbocycles. The number of aryl methyl sites for hydroxylation is 1. The maximum Gasteiger partial charge on any atom is 0.259 e. The van der Waals surface area contributed by atoms with Crippen molar-refractivity contribution in [3.63, 3.8) is 0 Å². The highest BCUT2D eigenvalue weighted by Gasteiger charge is 2.14. The molecule has 3 aromatic rings. The van der Waals surface area contributed by atoms with Crippen molar-refractivity contribution < 1.29 is 13.9 Å². The molecule has 0 radical (unpaired) electrons. The largest absolute Gasteiger partial charge is 0.457 e. The number of carbonyl (C=O) groups excluding carboxylic acids is 1. The third-order valence-corrected chi connectivity index (χ3v) is 4.29. The highest BCUT2D eigenvalue weighted by molar-refractivity contribution is 14.1. The number of hydrogen-bond donors (Lipinski definition) is 2. The van der Waals surface area contributed by atoms with E-state index in [4.69, 9.17) is 10.5 Å². The van der Waals surface area contributed by atoms with E-state index in [1.54, 1.807) is 24.3 Å². The number of rotatable bonds is 4. The Bertz CT molecular complexity index is 961. The standard InChI is InChI=1S/C19H15FIN3O2/c1-11-9-16(18(22)24-17(11)20)19(25)23-13-3-2-4-15(10-13)26-14-7-5-12(21)6-8-14/h2-10H,1H3,(H2,22,24)(H,23,25). The zero-order valence-corrected chi connectivity index (χ0v) is 16.0. The van der Waals surface area contributed by atoms with E-state index in [9.17, 15) is 9.18 Å². The van der Waals surface area contributed by atoms with Crippen molar-refractivity contribution in [2.75, 3.05) is 11.1 Å². The number of nitrogen functional groups attached to an aromatic ring is 1. The SMILES string of the molecule is Cc1cc(C(=O)Nc2cccc(Oc3ccc(I)cc3)c2)c(N)nc1F. The molecule has 0 aliphatic carbocycles. The predicted octanol–water partition coefficient (Wildman–Crippen LogP) is 4.76. The number of aromatic nitrogens is 1. The Labute approximate surface area is 163 Å². The molecule has 7 heteroatoms. The Kier molecular flexibility index (Phi) is 5.36. The number of ether oxygens (including phenoxy) is 1. The van der Waals surface area contributed by atoms with Crippen LogP contribution in [0, 0.1) is 16.4 Å². The van der Waals surface area contributed by atoms with Crippen LogP contribution in [0.25, 0.3) is 0 Å². The Balaban J connectivity index is 1.77. The summed E-state index contributed by atoms with van der Waals surface area (Å²) >= 11 is 2.22. The van der Waals surface area contributed by atoms with Gasteiger partial charge in [0.1, 0.15) is 17.3 Å². The quantitative estimate of drug-likeness (QED) is 0.432. The fraction of sp³-hybridized carbons (Fsp3) is 0.0526. The van der Waals surface area contributed by atoms with E-state index in [2.05, 4.69) is 32.9 Å². The van der Waals surface area contributed by atoms with Crippen molar-refractivity contribution in [2.45, 2.75) is 6.92 Å². The number of nitrogens with one attached hydrogen (secondary N) is 1. The van der Waals surface area contributed by atoms with Gasteiger partial charge in [-0.2, -0.15) is 4.39 Å². The molecule has 1 amide bonds. The summed E-state index contributed by atoms with van der Waals surface area (Å²) in [6.45, 7) is 1.52. The molecule has 26 heavy (non-hydrogen) atoms. The molecule has 0 aliphatic heterocycles. The van der Waals surface area contributed by atoms with Gasteiger partial charge in [-0.3, -0.25) is 4.79 Å². The van der Waals surface area contributed by atoms with Gasteiger partial charge in [0.25, 0.3) is 5.91 Å². The van der Waals surface area contributed by atoms with Crippen molar-refractivity contribution in [1.29, 1.82) is 0 Å². The van der Waals surface area contributed by atoms with Crippen LogP contribution in [0.4, 0.5) is 15.9 Å². The lowest BCUT2D eigenvalue weighted by Gasteiger charge is -2.10. The number of nitrogens with two attached hydrogens (primary N) is 1. The minimum atomic E-state index is -0.688. The number of benzene rings is 2. The van der Waals surface area contributed by atoms with Crippen molar-refractivity contribution in [3.8, 4) is 11.5 Å². The Morgan fingerprint density at radius 2 is 1.88 bits per heavy atom. The van der Waals surface area contributed by atoms with Gasteiger partial charge in [-0.15, -0.1) is 0 Å². The molecule has 1 aromatic heterocycles. The molecule has 0 atom stereocenters. The van der Waals surface area contributed by atoms with Gasteiger partial charge in [-0.25, -0.2) is 4.98 Å². The van der Waals surface area contributed by atoms with Crippen LogP contribution in [0.15, 0.2) is 54.6 Å². The second-order valence-corrected chi connectivity index (χ2v) is 6.81. The van der Waals surface area contributed by atoms with Gasteiger partial charge in [0, 0.05) is 20.9 Å². The summed E-state index contributed by atoms with van der Waals surface area (Å²) in [5.41, 5.74) is 6.55. The Morgan fingerprint density at radius 1 is 1.15 bits per heavy atom. The van der Waals surface area contributed by atoms with Gasteiger partial charge >= 0.3 is 0 Å². The zero-order valence-electron chi connectivity index (χ0n) is 13.8. The lowest BCUT2D eigenvalue weighted by Crippen LogP contribution is -2.16. The highest BCUT2D eigenvalue weighted by atomic mass is 127. The van der Waals surface area contributed by atoms with E-state index in [-0.39, 0.29) is 16.9 Å². The average molecular weight is 463 g/mol. The van der Waals surface area contributed by atoms with Crippen LogP contribution < -0.4 is 15.8 Å². The third kappa shape index (κ3) is 4.29. The first kappa shape index (κ1) is 18.1. The molecular formula is C19H15FIN3O2. The lowest BCUT2D eigenvalue weighted by atomic mass is 10.1. The second kappa shape index (κ2) is 7.69. The molecular weight excluding hydrogens is 448 g/mol. The van der Waals surface area contributed by atoms with Crippen LogP contribution in [0.3, 0.4) is 0 Å². The molecule has 0 saturated heterocycles. The topological polar surface area (TPSA) is 77.2 Å². The van der Waals surface area contributed by atoms with Gasteiger partial charge in [-0.1, -0.05) is 6.07 Å². The van der Waals surface area contributed by atoms with Crippen molar-refractivity contribution in [1.82, 2.24) is 4.98 Å². The number of pyridine rings is 1. The first-order valence-corrected chi connectivity index (χ1v) is 8.78. The van der Waals surface area contributed by atoms with E-state index >= 15 is 0 Å². The monoisotopic (exact) mass is 463 g/mol. The van der Waals surface area contributed by atoms with E-state index < -0.39 is 11.9 Å². The Hall–Kier alpha value is -2.68. The normalized spacial score (nSPS) is 10.4. The van der Waals surface area contributed by atoms with Gasteiger partial charge in [0.2, 0.25) is 5.95 Å². The predicted molar refractivity (Wildman–Crippen MR) is 107 cm³/mol.